The van der Waals surface area contributed by atoms with Crippen molar-refractivity contribution in [2.45, 2.75) is 6.54 Å². The lowest BCUT2D eigenvalue weighted by Gasteiger charge is -2.03. The quantitative estimate of drug-likeness (QED) is 0.569. The van der Waals surface area contributed by atoms with Crippen LogP contribution >= 0.6 is 0 Å². The highest BCUT2D eigenvalue weighted by atomic mass is 19.1. The van der Waals surface area contributed by atoms with E-state index in [-0.39, 0.29) is 16.9 Å². The SMILES string of the molecule is O=c1c2nnn(-c3ccc(F)cc3)c2ncn1CC=Cc1ccccc1. The molecule has 0 bridgehead atoms. The Labute approximate surface area is 147 Å². The summed E-state index contributed by atoms with van der Waals surface area (Å²) in [6, 6.07) is 15.6. The first kappa shape index (κ1) is 15.9. The summed E-state index contributed by atoms with van der Waals surface area (Å²) in [5, 5.41) is 7.92. The summed E-state index contributed by atoms with van der Waals surface area (Å²) >= 11 is 0. The van der Waals surface area contributed by atoms with Gasteiger partial charge in [0.05, 0.1) is 5.69 Å². The molecule has 2 aromatic heterocycles. The number of nitrogens with zero attached hydrogens (tertiary/aromatic N) is 5. The van der Waals surface area contributed by atoms with Gasteiger partial charge in [-0.1, -0.05) is 47.7 Å². The molecule has 0 spiro atoms. The summed E-state index contributed by atoms with van der Waals surface area (Å²) in [7, 11) is 0. The molecule has 0 radical (unpaired) electrons. The smallest absolute Gasteiger partial charge is 0.283 e. The lowest BCUT2D eigenvalue weighted by Crippen LogP contribution is -2.20. The van der Waals surface area contributed by atoms with Crippen molar-refractivity contribution in [3.05, 3.63) is 88.7 Å². The first-order valence-electron chi connectivity index (χ1n) is 8.01. The Morgan fingerprint density at radius 3 is 2.58 bits per heavy atom. The van der Waals surface area contributed by atoms with Crippen LogP contribution in [0.5, 0.6) is 0 Å². The Bertz CT molecular complexity index is 1130. The molecule has 0 fully saturated rings. The molecule has 0 aliphatic rings. The molecular formula is C19H14FN5O. The number of aromatic nitrogens is 5. The molecule has 26 heavy (non-hydrogen) atoms. The molecule has 0 N–H and O–H groups in total. The second kappa shape index (κ2) is 6.72. The van der Waals surface area contributed by atoms with E-state index in [4.69, 9.17) is 0 Å². The van der Waals surface area contributed by atoms with Gasteiger partial charge < -0.3 is 0 Å². The number of allylic oxidation sites excluding steroid dienone is 1. The Balaban J connectivity index is 1.65. The van der Waals surface area contributed by atoms with Gasteiger partial charge in [-0.15, -0.1) is 5.10 Å². The third-order valence-corrected chi connectivity index (χ3v) is 3.91. The van der Waals surface area contributed by atoms with Gasteiger partial charge in [-0.25, -0.2) is 9.37 Å². The van der Waals surface area contributed by atoms with Crippen molar-refractivity contribution in [2.24, 2.45) is 0 Å². The fraction of sp³-hybridized carbons (Fsp3) is 0.0526. The summed E-state index contributed by atoms with van der Waals surface area (Å²) in [4.78, 5) is 16.9. The molecule has 0 saturated heterocycles. The Hall–Kier alpha value is -3.61. The maximum atomic E-state index is 13.1. The summed E-state index contributed by atoms with van der Waals surface area (Å²) < 4.78 is 16.0. The molecule has 6 nitrogen and oxygen atoms in total. The van der Waals surface area contributed by atoms with Crippen LogP contribution in [0, 0.1) is 5.82 Å². The van der Waals surface area contributed by atoms with E-state index in [1.54, 1.807) is 12.1 Å². The number of halogens is 1. The predicted octanol–water partition coefficient (Wildman–Crippen LogP) is 2.83. The van der Waals surface area contributed by atoms with Crippen LogP contribution in [-0.2, 0) is 6.54 Å². The van der Waals surface area contributed by atoms with E-state index < -0.39 is 0 Å². The topological polar surface area (TPSA) is 65.6 Å². The van der Waals surface area contributed by atoms with Crippen LogP contribution in [0.25, 0.3) is 22.9 Å². The number of hydrogen-bond acceptors (Lipinski definition) is 4. The zero-order chi connectivity index (χ0) is 17.9. The van der Waals surface area contributed by atoms with Crippen LogP contribution in [0.4, 0.5) is 4.39 Å². The molecule has 4 aromatic rings. The van der Waals surface area contributed by atoms with Crippen LogP contribution in [-0.4, -0.2) is 24.5 Å². The van der Waals surface area contributed by atoms with Crippen molar-refractivity contribution in [1.82, 2.24) is 24.5 Å². The van der Waals surface area contributed by atoms with Crippen molar-refractivity contribution in [2.75, 3.05) is 0 Å². The Kier molecular flexibility index (Phi) is 4.10. The first-order chi connectivity index (χ1) is 12.7. The normalized spacial score (nSPS) is 11.4. The first-order valence-corrected chi connectivity index (χ1v) is 8.01. The summed E-state index contributed by atoms with van der Waals surface area (Å²) in [5.74, 6) is -0.348. The van der Waals surface area contributed by atoms with Gasteiger partial charge >= 0.3 is 0 Å². The molecule has 0 amide bonds. The van der Waals surface area contributed by atoms with Crippen LogP contribution < -0.4 is 5.56 Å². The number of benzene rings is 2. The van der Waals surface area contributed by atoms with E-state index >= 15 is 0 Å². The van der Waals surface area contributed by atoms with Gasteiger partial charge in [0.2, 0.25) is 0 Å². The van der Waals surface area contributed by atoms with E-state index in [0.717, 1.165) is 5.56 Å². The van der Waals surface area contributed by atoms with Crippen molar-refractivity contribution in [3.63, 3.8) is 0 Å². The highest BCUT2D eigenvalue weighted by Gasteiger charge is 2.12. The van der Waals surface area contributed by atoms with Gasteiger partial charge in [0.15, 0.2) is 11.2 Å². The van der Waals surface area contributed by atoms with Crippen LogP contribution in [0.15, 0.2) is 71.8 Å². The van der Waals surface area contributed by atoms with Crippen LogP contribution in [0.1, 0.15) is 5.56 Å². The average Bonchev–Trinajstić information content (AvgIpc) is 3.10. The second-order valence-corrected chi connectivity index (χ2v) is 5.67. The van der Waals surface area contributed by atoms with Gasteiger partial charge in [-0.05, 0) is 29.8 Å². The van der Waals surface area contributed by atoms with E-state index in [9.17, 15) is 9.18 Å². The fourth-order valence-corrected chi connectivity index (χ4v) is 2.60. The van der Waals surface area contributed by atoms with E-state index in [2.05, 4.69) is 15.3 Å². The lowest BCUT2D eigenvalue weighted by molar-refractivity contribution is 0.627. The predicted molar refractivity (Wildman–Crippen MR) is 96.4 cm³/mol. The molecule has 2 heterocycles. The minimum absolute atomic E-state index is 0.171. The maximum absolute atomic E-state index is 13.1. The summed E-state index contributed by atoms with van der Waals surface area (Å²) in [6.07, 6.45) is 5.28. The molecule has 4 rings (SSSR count). The molecule has 7 heteroatoms. The summed E-state index contributed by atoms with van der Waals surface area (Å²) in [5.41, 5.74) is 1.87. The molecule has 0 aliphatic carbocycles. The van der Waals surface area contributed by atoms with E-state index in [0.29, 0.717) is 17.9 Å². The van der Waals surface area contributed by atoms with Gasteiger partial charge in [-0.3, -0.25) is 9.36 Å². The molecule has 2 aromatic carbocycles. The van der Waals surface area contributed by atoms with Crippen molar-refractivity contribution < 1.29 is 4.39 Å². The van der Waals surface area contributed by atoms with Crippen molar-refractivity contribution >= 4 is 17.2 Å². The molecule has 0 saturated carbocycles. The van der Waals surface area contributed by atoms with Gasteiger partial charge in [0, 0.05) is 6.54 Å². The number of rotatable bonds is 4. The van der Waals surface area contributed by atoms with Crippen LogP contribution in [0.3, 0.4) is 0 Å². The van der Waals surface area contributed by atoms with E-state index in [1.165, 1.54) is 27.7 Å². The molecular weight excluding hydrogens is 333 g/mol. The largest absolute Gasteiger partial charge is 0.293 e. The Morgan fingerprint density at radius 2 is 1.81 bits per heavy atom. The minimum Gasteiger partial charge on any atom is -0.293 e. The highest BCUT2D eigenvalue weighted by Crippen LogP contribution is 2.12. The average molecular weight is 347 g/mol. The van der Waals surface area contributed by atoms with Crippen LogP contribution in [0.2, 0.25) is 0 Å². The zero-order valence-corrected chi connectivity index (χ0v) is 13.7. The van der Waals surface area contributed by atoms with Gasteiger partial charge in [0.1, 0.15) is 12.1 Å². The third kappa shape index (κ3) is 3.02. The van der Waals surface area contributed by atoms with Crippen molar-refractivity contribution in [3.8, 4) is 5.69 Å². The van der Waals surface area contributed by atoms with Gasteiger partial charge in [0.25, 0.3) is 5.56 Å². The fourth-order valence-electron chi connectivity index (χ4n) is 2.60. The zero-order valence-electron chi connectivity index (χ0n) is 13.7. The number of fused-ring (bicyclic) bond motifs is 1. The molecule has 128 valence electrons. The third-order valence-electron chi connectivity index (χ3n) is 3.91. The lowest BCUT2D eigenvalue weighted by atomic mass is 10.2. The summed E-state index contributed by atoms with van der Waals surface area (Å²) in [6.45, 7) is 0.375. The Morgan fingerprint density at radius 1 is 1.04 bits per heavy atom. The molecule has 0 aliphatic heterocycles. The highest BCUT2D eigenvalue weighted by molar-refractivity contribution is 5.70. The molecule has 0 unspecified atom stereocenters. The monoisotopic (exact) mass is 347 g/mol. The maximum Gasteiger partial charge on any atom is 0.283 e. The minimum atomic E-state index is -0.348. The van der Waals surface area contributed by atoms with Gasteiger partial charge in [-0.2, -0.15) is 4.68 Å². The standard InChI is InChI=1S/C19H14FN5O/c20-15-8-10-16(11-9-15)25-18-17(22-23-25)19(26)24(13-21-18)12-4-7-14-5-2-1-3-6-14/h1-11,13H,12H2. The second-order valence-electron chi connectivity index (χ2n) is 5.67. The number of hydrogen-bond donors (Lipinski definition) is 0. The molecule has 0 atom stereocenters. The van der Waals surface area contributed by atoms with E-state index in [1.807, 2.05) is 42.5 Å². The van der Waals surface area contributed by atoms with Crippen molar-refractivity contribution in [1.29, 1.82) is 0 Å².